The molecule has 1 unspecified atom stereocenters. The summed E-state index contributed by atoms with van der Waals surface area (Å²) in [6.07, 6.45) is 0.896. The first-order chi connectivity index (χ1) is 9.99. The van der Waals surface area contributed by atoms with Gasteiger partial charge in [-0.3, -0.25) is 4.79 Å². The molecule has 1 aliphatic heterocycles. The van der Waals surface area contributed by atoms with Crippen LogP contribution in [0.2, 0.25) is 0 Å². The van der Waals surface area contributed by atoms with Crippen LogP contribution >= 0.6 is 0 Å². The molecule has 0 bridgehead atoms. The van der Waals surface area contributed by atoms with Gasteiger partial charge in [-0.05, 0) is 45.7 Å². The minimum atomic E-state index is 0.00227. The van der Waals surface area contributed by atoms with Gasteiger partial charge in [-0.25, -0.2) is 9.97 Å². The zero-order valence-corrected chi connectivity index (χ0v) is 12.8. The van der Waals surface area contributed by atoms with E-state index < -0.39 is 0 Å². The van der Waals surface area contributed by atoms with Gasteiger partial charge in [-0.15, -0.1) is 0 Å². The van der Waals surface area contributed by atoms with Crippen molar-refractivity contribution < 1.29 is 4.79 Å². The molecule has 0 fully saturated rings. The monoisotopic (exact) mass is 281 g/mol. The molecule has 0 saturated heterocycles. The van der Waals surface area contributed by atoms with Gasteiger partial charge < -0.3 is 4.90 Å². The van der Waals surface area contributed by atoms with Crippen LogP contribution in [0.15, 0.2) is 24.3 Å². The summed E-state index contributed by atoms with van der Waals surface area (Å²) in [6.45, 7) is 7.68. The SMILES string of the molecule is Cc1nc(C)c(C(=O)N2c3ccccc3CC2C)c(C)n1. The Morgan fingerprint density at radius 2 is 1.76 bits per heavy atom. The predicted octanol–water partition coefficient (Wildman–Crippen LogP) is 2.99. The number of aryl methyl sites for hydroxylation is 3. The molecule has 0 aliphatic carbocycles. The van der Waals surface area contributed by atoms with Crippen molar-refractivity contribution in [1.82, 2.24) is 9.97 Å². The summed E-state index contributed by atoms with van der Waals surface area (Å²) in [5.41, 5.74) is 4.36. The van der Waals surface area contributed by atoms with E-state index in [1.807, 2.05) is 43.9 Å². The van der Waals surface area contributed by atoms with Crippen LogP contribution in [0.25, 0.3) is 0 Å². The lowest BCUT2D eigenvalue weighted by atomic mass is 10.1. The zero-order chi connectivity index (χ0) is 15.1. The highest BCUT2D eigenvalue weighted by Crippen LogP contribution is 2.33. The summed E-state index contributed by atoms with van der Waals surface area (Å²) in [5, 5.41) is 0. The third kappa shape index (κ3) is 2.20. The first-order valence-electron chi connectivity index (χ1n) is 7.22. The lowest BCUT2D eigenvalue weighted by Gasteiger charge is -2.24. The van der Waals surface area contributed by atoms with Crippen LogP contribution in [0, 0.1) is 20.8 Å². The zero-order valence-electron chi connectivity index (χ0n) is 12.8. The number of hydrogen-bond donors (Lipinski definition) is 0. The van der Waals surface area contributed by atoms with Crippen LogP contribution in [-0.4, -0.2) is 21.9 Å². The van der Waals surface area contributed by atoms with Gasteiger partial charge >= 0.3 is 0 Å². The van der Waals surface area contributed by atoms with Crippen molar-refractivity contribution in [1.29, 1.82) is 0 Å². The molecule has 108 valence electrons. The fourth-order valence-electron chi connectivity index (χ4n) is 3.19. The largest absolute Gasteiger partial charge is 0.305 e. The summed E-state index contributed by atoms with van der Waals surface area (Å²) in [7, 11) is 0. The maximum atomic E-state index is 13.0. The quantitative estimate of drug-likeness (QED) is 0.807. The average Bonchev–Trinajstić information content (AvgIpc) is 2.73. The topological polar surface area (TPSA) is 46.1 Å². The Hall–Kier alpha value is -2.23. The van der Waals surface area contributed by atoms with E-state index in [0.717, 1.165) is 23.5 Å². The molecule has 1 amide bonds. The number of fused-ring (bicyclic) bond motifs is 1. The van der Waals surface area contributed by atoms with Gasteiger partial charge in [-0.2, -0.15) is 0 Å². The summed E-state index contributed by atoms with van der Waals surface area (Å²) in [6, 6.07) is 8.25. The molecule has 3 rings (SSSR count). The van der Waals surface area contributed by atoms with Crippen molar-refractivity contribution in [2.75, 3.05) is 4.90 Å². The number of benzene rings is 1. The minimum absolute atomic E-state index is 0.00227. The van der Waals surface area contributed by atoms with Crippen molar-refractivity contribution in [3.63, 3.8) is 0 Å². The summed E-state index contributed by atoms with van der Waals surface area (Å²) in [5.74, 6) is 0.707. The Kier molecular flexibility index (Phi) is 3.24. The van der Waals surface area contributed by atoms with E-state index in [-0.39, 0.29) is 11.9 Å². The molecule has 0 radical (unpaired) electrons. The fraction of sp³-hybridized carbons (Fsp3) is 0.353. The number of carbonyl (C=O) groups is 1. The molecule has 4 heteroatoms. The molecular formula is C17H19N3O. The van der Waals surface area contributed by atoms with Crippen molar-refractivity contribution in [3.05, 3.63) is 52.6 Å². The Bertz CT molecular complexity index is 701. The number of para-hydroxylation sites is 1. The Morgan fingerprint density at radius 1 is 1.14 bits per heavy atom. The number of carbonyl (C=O) groups excluding carboxylic acids is 1. The van der Waals surface area contributed by atoms with Crippen molar-refractivity contribution in [3.8, 4) is 0 Å². The van der Waals surface area contributed by atoms with Gasteiger partial charge in [0.1, 0.15) is 5.82 Å². The maximum absolute atomic E-state index is 13.0. The van der Waals surface area contributed by atoms with E-state index in [1.54, 1.807) is 0 Å². The lowest BCUT2D eigenvalue weighted by molar-refractivity contribution is 0.0979. The average molecular weight is 281 g/mol. The van der Waals surface area contributed by atoms with Crippen LogP contribution < -0.4 is 4.90 Å². The number of amides is 1. The van der Waals surface area contributed by atoms with E-state index in [2.05, 4.69) is 23.0 Å². The van der Waals surface area contributed by atoms with Gasteiger partial charge in [0.25, 0.3) is 5.91 Å². The van der Waals surface area contributed by atoms with E-state index in [9.17, 15) is 4.79 Å². The highest BCUT2D eigenvalue weighted by atomic mass is 16.2. The second kappa shape index (κ2) is 4.95. The molecule has 0 saturated carbocycles. The number of anilines is 1. The molecule has 2 heterocycles. The van der Waals surface area contributed by atoms with Gasteiger partial charge in [0, 0.05) is 11.7 Å². The minimum Gasteiger partial charge on any atom is -0.305 e. The summed E-state index contributed by atoms with van der Waals surface area (Å²) in [4.78, 5) is 23.6. The standard InChI is InChI=1S/C17H19N3O/c1-10-9-14-7-5-6-8-15(14)20(10)17(21)16-11(2)18-13(4)19-12(16)3/h5-8,10H,9H2,1-4H3. The number of rotatable bonds is 1. The Labute approximate surface area is 124 Å². The number of aromatic nitrogens is 2. The highest BCUT2D eigenvalue weighted by Gasteiger charge is 2.33. The third-order valence-corrected chi connectivity index (χ3v) is 4.02. The number of nitrogens with zero attached hydrogens (tertiary/aromatic N) is 3. The normalized spacial score (nSPS) is 17.0. The second-order valence-electron chi connectivity index (χ2n) is 5.67. The molecule has 0 N–H and O–H groups in total. The van der Waals surface area contributed by atoms with Crippen LogP contribution in [0.3, 0.4) is 0 Å². The first-order valence-corrected chi connectivity index (χ1v) is 7.22. The fourth-order valence-corrected chi connectivity index (χ4v) is 3.19. The van der Waals surface area contributed by atoms with E-state index in [0.29, 0.717) is 11.4 Å². The molecule has 21 heavy (non-hydrogen) atoms. The van der Waals surface area contributed by atoms with E-state index in [4.69, 9.17) is 0 Å². The molecule has 4 nitrogen and oxygen atoms in total. The van der Waals surface area contributed by atoms with Gasteiger partial charge in [-0.1, -0.05) is 18.2 Å². The Morgan fingerprint density at radius 3 is 2.43 bits per heavy atom. The van der Waals surface area contributed by atoms with E-state index in [1.165, 1.54) is 5.56 Å². The van der Waals surface area contributed by atoms with Crippen LogP contribution in [0.1, 0.15) is 40.1 Å². The second-order valence-corrected chi connectivity index (χ2v) is 5.67. The van der Waals surface area contributed by atoms with Crippen molar-refractivity contribution in [2.24, 2.45) is 0 Å². The smallest absolute Gasteiger partial charge is 0.262 e. The van der Waals surface area contributed by atoms with Crippen molar-refractivity contribution >= 4 is 11.6 Å². The molecule has 2 aromatic rings. The molecule has 1 aliphatic rings. The molecule has 0 spiro atoms. The first kappa shape index (κ1) is 13.7. The maximum Gasteiger partial charge on any atom is 0.262 e. The van der Waals surface area contributed by atoms with Crippen molar-refractivity contribution in [2.45, 2.75) is 40.2 Å². The molecular weight excluding hydrogens is 262 g/mol. The third-order valence-electron chi connectivity index (χ3n) is 4.02. The van der Waals surface area contributed by atoms with Crippen LogP contribution in [-0.2, 0) is 6.42 Å². The highest BCUT2D eigenvalue weighted by molar-refractivity contribution is 6.09. The van der Waals surface area contributed by atoms with E-state index >= 15 is 0 Å². The van der Waals surface area contributed by atoms with Gasteiger partial charge in [0.2, 0.25) is 0 Å². The Balaban J connectivity index is 2.08. The lowest BCUT2D eigenvalue weighted by Crippen LogP contribution is -2.37. The van der Waals surface area contributed by atoms with Crippen LogP contribution in [0.5, 0.6) is 0 Å². The summed E-state index contributed by atoms with van der Waals surface area (Å²) >= 11 is 0. The molecule has 1 aromatic heterocycles. The predicted molar refractivity (Wildman–Crippen MR) is 82.7 cm³/mol. The molecule has 1 aromatic carbocycles. The summed E-state index contributed by atoms with van der Waals surface area (Å²) < 4.78 is 0. The van der Waals surface area contributed by atoms with Gasteiger partial charge in [0.05, 0.1) is 17.0 Å². The molecule has 1 atom stereocenters. The number of hydrogen-bond acceptors (Lipinski definition) is 3. The van der Waals surface area contributed by atoms with Crippen LogP contribution in [0.4, 0.5) is 5.69 Å². The van der Waals surface area contributed by atoms with Gasteiger partial charge in [0.15, 0.2) is 0 Å².